The topological polar surface area (TPSA) is 36.3 Å². The van der Waals surface area contributed by atoms with Crippen LogP contribution in [0.5, 0.6) is 0 Å². The number of fused-ring (bicyclic) bond motifs is 1. The van der Waals surface area contributed by atoms with Crippen LogP contribution in [0.4, 0.5) is 10.1 Å². The number of methoxy groups -OCH3 is 1. The van der Waals surface area contributed by atoms with Gasteiger partial charge in [0.15, 0.2) is 0 Å². The zero-order valence-corrected chi connectivity index (χ0v) is 11.2. The summed E-state index contributed by atoms with van der Waals surface area (Å²) in [5.74, 6) is 0.0394. The second-order valence-electron chi connectivity index (χ2n) is 4.84. The molecule has 0 unspecified atom stereocenters. The van der Waals surface area contributed by atoms with Gasteiger partial charge >= 0.3 is 0 Å². The van der Waals surface area contributed by atoms with Gasteiger partial charge in [0.1, 0.15) is 11.7 Å². The van der Waals surface area contributed by atoms with Crippen LogP contribution in [0, 0.1) is 11.2 Å². The molecule has 0 bridgehead atoms. The van der Waals surface area contributed by atoms with Gasteiger partial charge in [0.05, 0.1) is 13.2 Å². The Balaban J connectivity index is 1.94. The molecule has 1 aliphatic rings. The molecule has 0 saturated carbocycles. The van der Waals surface area contributed by atoms with Crippen molar-refractivity contribution in [3.63, 3.8) is 0 Å². The summed E-state index contributed by atoms with van der Waals surface area (Å²) < 4.78 is 18.4. The fourth-order valence-electron chi connectivity index (χ4n) is 2.50. The molecule has 102 valence electrons. The predicted molar refractivity (Wildman–Crippen MR) is 76.6 cm³/mol. The van der Waals surface area contributed by atoms with Crippen LogP contribution in [0.25, 0.3) is 0 Å². The summed E-state index contributed by atoms with van der Waals surface area (Å²) in [5, 5.41) is 8.22. The minimum atomic E-state index is -0.302. The van der Waals surface area contributed by atoms with Crippen molar-refractivity contribution >= 4 is 11.5 Å². The van der Waals surface area contributed by atoms with Crippen molar-refractivity contribution in [1.82, 2.24) is 0 Å². The molecular formula is C16H15FN2O. The minimum Gasteiger partial charge on any atom is -0.380 e. The van der Waals surface area contributed by atoms with Gasteiger partial charge in [-0.1, -0.05) is 18.2 Å². The van der Waals surface area contributed by atoms with E-state index in [9.17, 15) is 4.39 Å². The van der Waals surface area contributed by atoms with Gasteiger partial charge in [-0.2, -0.15) is 0 Å². The fraction of sp³-hybridized carbons (Fsp3) is 0.188. The van der Waals surface area contributed by atoms with Gasteiger partial charge in [-0.3, -0.25) is 5.41 Å². The molecule has 2 aromatic rings. The minimum absolute atomic E-state index is 0.302. The summed E-state index contributed by atoms with van der Waals surface area (Å²) >= 11 is 0. The fourth-order valence-corrected chi connectivity index (χ4v) is 2.50. The Morgan fingerprint density at radius 2 is 2.10 bits per heavy atom. The van der Waals surface area contributed by atoms with E-state index >= 15 is 0 Å². The lowest BCUT2D eigenvalue weighted by molar-refractivity contribution is 0.185. The number of rotatable bonds is 3. The lowest BCUT2D eigenvalue weighted by Gasteiger charge is -2.18. The zero-order chi connectivity index (χ0) is 14.1. The Bertz CT molecular complexity index is 669. The largest absolute Gasteiger partial charge is 0.380 e. The van der Waals surface area contributed by atoms with Crippen LogP contribution in [-0.2, 0) is 17.9 Å². The number of benzene rings is 2. The molecule has 0 aromatic heterocycles. The van der Waals surface area contributed by atoms with E-state index in [1.165, 1.54) is 12.1 Å². The van der Waals surface area contributed by atoms with Crippen molar-refractivity contribution < 1.29 is 9.13 Å². The molecule has 4 heteroatoms. The molecule has 0 fully saturated rings. The second-order valence-corrected chi connectivity index (χ2v) is 4.84. The number of hydrogen-bond acceptors (Lipinski definition) is 2. The summed E-state index contributed by atoms with van der Waals surface area (Å²) in [6.45, 7) is 1.14. The van der Waals surface area contributed by atoms with Crippen LogP contribution in [0.15, 0.2) is 42.5 Å². The number of anilines is 1. The number of hydrogen-bond donors (Lipinski definition) is 1. The van der Waals surface area contributed by atoms with Crippen LogP contribution in [0.1, 0.15) is 16.7 Å². The maximum absolute atomic E-state index is 13.3. The predicted octanol–water partition coefficient (Wildman–Crippen LogP) is 3.32. The summed E-state index contributed by atoms with van der Waals surface area (Å²) in [7, 11) is 1.66. The van der Waals surface area contributed by atoms with Gasteiger partial charge < -0.3 is 9.64 Å². The van der Waals surface area contributed by atoms with Gasteiger partial charge in [-0.15, -0.1) is 0 Å². The average molecular weight is 270 g/mol. The van der Waals surface area contributed by atoms with E-state index < -0.39 is 0 Å². The third-order valence-electron chi connectivity index (χ3n) is 3.46. The lowest BCUT2D eigenvalue weighted by atomic mass is 10.1. The van der Waals surface area contributed by atoms with Crippen LogP contribution in [0.2, 0.25) is 0 Å². The van der Waals surface area contributed by atoms with Gasteiger partial charge in [0, 0.05) is 18.4 Å². The molecule has 0 saturated heterocycles. The van der Waals surface area contributed by atoms with Gasteiger partial charge in [-0.05, 0) is 35.4 Å². The molecule has 1 heterocycles. The van der Waals surface area contributed by atoms with E-state index in [0.29, 0.717) is 24.6 Å². The second kappa shape index (κ2) is 5.06. The maximum atomic E-state index is 13.3. The zero-order valence-electron chi connectivity index (χ0n) is 11.2. The molecule has 0 atom stereocenters. The molecule has 1 N–H and O–H groups in total. The summed E-state index contributed by atoms with van der Waals surface area (Å²) in [6.07, 6.45) is 0. The van der Waals surface area contributed by atoms with Crippen molar-refractivity contribution in [3.05, 3.63) is 65.0 Å². The van der Waals surface area contributed by atoms with Crippen molar-refractivity contribution in [2.75, 3.05) is 12.0 Å². The van der Waals surface area contributed by atoms with Gasteiger partial charge in [0.2, 0.25) is 0 Å². The van der Waals surface area contributed by atoms with Crippen molar-refractivity contribution in [2.45, 2.75) is 13.2 Å². The Morgan fingerprint density at radius 1 is 1.25 bits per heavy atom. The first kappa shape index (κ1) is 12.8. The van der Waals surface area contributed by atoms with Crippen molar-refractivity contribution in [1.29, 1.82) is 5.41 Å². The molecule has 0 amide bonds. The number of halogens is 1. The maximum Gasteiger partial charge on any atom is 0.133 e. The van der Waals surface area contributed by atoms with E-state index in [2.05, 4.69) is 0 Å². The number of amidine groups is 1. The third kappa shape index (κ3) is 2.18. The number of nitrogens with zero attached hydrogens (tertiary/aromatic N) is 1. The van der Waals surface area contributed by atoms with Crippen LogP contribution < -0.4 is 4.90 Å². The molecule has 3 rings (SSSR count). The highest BCUT2D eigenvalue weighted by molar-refractivity contribution is 6.11. The van der Waals surface area contributed by atoms with Crippen molar-refractivity contribution in [3.8, 4) is 0 Å². The Labute approximate surface area is 117 Å². The Hall–Kier alpha value is -2.20. The smallest absolute Gasteiger partial charge is 0.133 e. The van der Waals surface area contributed by atoms with E-state index in [1.54, 1.807) is 13.2 Å². The summed E-state index contributed by atoms with van der Waals surface area (Å²) in [6, 6.07) is 12.5. The van der Waals surface area contributed by atoms with Crippen LogP contribution in [-0.4, -0.2) is 12.9 Å². The average Bonchev–Trinajstić information content (AvgIpc) is 2.77. The molecule has 20 heavy (non-hydrogen) atoms. The molecule has 0 aliphatic carbocycles. The number of ether oxygens (including phenoxy) is 1. The first-order valence-corrected chi connectivity index (χ1v) is 6.42. The van der Waals surface area contributed by atoms with Crippen LogP contribution in [0.3, 0.4) is 0 Å². The Morgan fingerprint density at radius 3 is 2.90 bits per heavy atom. The Kier molecular flexibility index (Phi) is 3.24. The van der Waals surface area contributed by atoms with E-state index in [0.717, 1.165) is 16.8 Å². The molecule has 2 aromatic carbocycles. The summed E-state index contributed by atoms with van der Waals surface area (Å²) in [4.78, 5) is 1.88. The summed E-state index contributed by atoms with van der Waals surface area (Å²) in [5.41, 5.74) is 3.64. The molecule has 1 aliphatic heterocycles. The standard InChI is InChI=1S/C16H15FN2O/c1-20-10-11-3-2-4-14(7-11)19-9-12-5-6-13(17)8-15(12)16(19)18/h2-8,18H,9-10H2,1H3. The third-order valence-corrected chi connectivity index (χ3v) is 3.46. The quantitative estimate of drug-likeness (QED) is 0.928. The highest BCUT2D eigenvalue weighted by Gasteiger charge is 2.25. The highest BCUT2D eigenvalue weighted by Crippen LogP contribution is 2.29. The first-order chi connectivity index (χ1) is 9.69. The van der Waals surface area contributed by atoms with Crippen molar-refractivity contribution in [2.24, 2.45) is 0 Å². The SMILES string of the molecule is COCc1cccc(N2Cc3ccc(F)cc3C2=N)c1. The van der Waals surface area contributed by atoms with Crippen LogP contribution >= 0.6 is 0 Å². The molecule has 0 spiro atoms. The van der Waals surface area contributed by atoms with Gasteiger partial charge in [0.25, 0.3) is 0 Å². The molecule has 3 nitrogen and oxygen atoms in total. The first-order valence-electron chi connectivity index (χ1n) is 6.42. The van der Waals surface area contributed by atoms with E-state index in [-0.39, 0.29) is 5.82 Å². The van der Waals surface area contributed by atoms with Gasteiger partial charge in [-0.25, -0.2) is 4.39 Å². The number of nitrogens with one attached hydrogen (secondary N) is 1. The molecule has 0 radical (unpaired) electrons. The monoisotopic (exact) mass is 270 g/mol. The molecular weight excluding hydrogens is 255 g/mol. The van der Waals surface area contributed by atoms with E-state index in [4.69, 9.17) is 10.1 Å². The van der Waals surface area contributed by atoms with E-state index in [1.807, 2.05) is 29.2 Å². The lowest BCUT2D eigenvalue weighted by Crippen LogP contribution is -2.23. The normalized spacial score (nSPS) is 13.7. The highest BCUT2D eigenvalue weighted by atomic mass is 19.1.